The average Bonchev–Trinajstić information content (AvgIpc) is 3.12. The Kier molecular flexibility index (Phi) is 5.99. The van der Waals surface area contributed by atoms with Crippen LogP contribution in [0.3, 0.4) is 0 Å². The Hall–Kier alpha value is -3.41. The van der Waals surface area contributed by atoms with Crippen molar-refractivity contribution in [3.8, 4) is 16.9 Å². The van der Waals surface area contributed by atoms with Crippen LogP contribution in [-0.4, -0.2) is 28.3 Å². The number of esters is 1. The van der Waals surface area contributed by atoms with Gasteiger partial charge in [-0.2, -0.15) is 5.10 Å². The van der Waals surface area contributed by atoms with E-state index in [0.717, 1.165) is 16.9 Å². The highest BCUT2D eigenvalue weighted by molar-refractivity contribution is 5.92. The summed E-state index contributed by atoms with van der Waals surface area (Å²) in [4.78, 5) is 23.7. The Labute approximate surface area is 157 Å². The van der Waals surface area contributed by atoms with E-state index in [9.17, 15) is 9.59 Å². The summed E-state index contributed by atoms with van der Waals surface area (Å²) < 4.78 is 6.63. The summed E-state index contributed by atoms with van der Waals surface area (Å²) in [6, 6.07) is 21.0. The van der Waals surface area contributed by atoms with Crippen molar-refractivity contribution in [3.63, 3.8) is 0 Å². The largest absolute Gasteiger partial charge is 0.456 e. The van der Waals surface area contributed by atoms with Gasteiger partial charge in [0.15, 0.2) is 6.61 Å². The summed E-state index contributed by atoms with van der Waals surface area (Å²) in [6.07, 6.45) is 0.981. The Morgan fingerprint density at radius 1 is 1.04 bits per heavy atom. The predicted octanol–water partition coefficient (Wildman–Crippen LogP) is 3.82. The maximum absolute atomic E-state index is 12.2. The van der Waals surface area contributed by atoms with Crippen LogP contribution >= 0.6 is 0 Å². The van der Waals surface area contributed by atoms with E-state index in [1.165, 1.54) is 0 Å². The maximum Gasteiger partial charge on any atom is 0.306 e. The molecule has 0 atom stereocenters. The summed E-state index contributed by atoms with van der Waals surface area (Å²) in [5.74, 6) is -0.276. The molecule has 1 amide bonds. The molecule has 3 aromatic rings. The van der Waals surface area contributed by atoms with Gasteiger partial charge in [0.05, 0.1) is 11.4 Å². The summed E-state index contributed by atoms with van der Waals surface area (Å²) in [7, 11) is 0. The quantitative estimate of drug-likeness (QED) is 0.648. The molecule has 0 aliphatic heterocycles. The number of nitrogens with one attached hydrogen (secondary N) is 1. The van der Waals surface area contributed by atoms with Gasteiger partial charge in [-0.15, -0.1) is 0 Å². The molecule has 3 rings (SSSR count). The third-order valence-corrected chi connectivity index (χ3v) is 3.87. The lowest BCUT2D eigenvalue weighted by Crippen LogP contribution is -2.22. The van der Waals surface area contributed by atoms with Gasteiger partial charge in [0.25, 0.3) is 5.91 Å². The van der Waals surface area contributed by atoms with Crippen LogP contribution in [0.25, 0.3) is 16.9 Å². The molecule has 0 spiro atoms. The van der Waals surface area contributed by atoms with Gasteiger partial charge in [0.1, 0.15) is 5.82 Å². The minimum atomic E-state index is -0.406. The normalized spacial score (nSPS) is 10.4. The molecule has 0 bridgehead atoms. The fourth-order valence-corrected chi connectivity index (χ4v) is 2.59. The smallest absolute Gasteiger partial charge is 0.306 e. The molecule has 27 heavy (non-hydrogen) atoms. The molecule has 0 fully saturated rings. The van der Waals surface area contributed by atoms with Gasteiger partial charge >= 0.3 is 5.97 Å². The van der Waals surface area contributed by atoms with Crippen molar-refractivity contribution in [1.29, 1.82) is 0 Å². The Morgan fingerprint density at radius 2 is 1.70 bits per heavy atom. The molecule has 6 nitrogen and oxygen atoms in total. The first kappa shape index (κ1) is 18.4. The van der Waals surface area contributed by atoms with Crippen LogP contribution in [0.5, 0.6) is 0 Å². The molecule has 0 radical (unpaired) electrons. The summed E-state index contributed by atoms with van der Waals surface area (Å²) in [6.45, 7) is 1.56. The van der Waals surface area contributed by atoms with E-state index in [1.54, 1.807) is 10.7 Å². The van der Waals surface area contributed by atoms with Crippen LogP contribution in [-0.2, 0) is 14.3 Å². The van der Waals surface area contributed by atoms with Gasteiger partial charge in [0.2, 0.25) is 0 Å². The fourth-order valence-electron chi connectivity index (χ4n) is 2.59. The number of carbonyl (C=O) groups is 2. The van der Waals surface area contributed by atoms with E-state index in [0.29, 0.717) is 18.7 Å². The number of para-hydroxylation sites is 1. The number of anilines is 1. The van der Waals surface area contributed by atoms with E-state index in [2.05, 4.69) is 10.4 Å². The monoisotopic (exact) mass is 363 g/mol. The molecule has 6 heteroatoms. The minimum absolute atomic E-state index is 0.299. The molecule has 0 saturated carbocycles. The van der Waals surface area contributed by atoms with Crippen molar-refractivity contribution >= 4 is 17.7 Å². The molecular weight excluding hydrogens is 342 g/mol. The summed E-state index contributed by atoms with van der Waals surface area (Å²) in [5.41, 5.74) is 2.49. The van der Waals surface area contributed by atoms with Crippen molar-refractivity contribution in [2.24, 2.45) is 0 Å². The standard InChI is InChI=1S/C21H21N3O3/c1-2-9-21(26)27-15-20(25)22-19-14-18(16-10-5-3-6-11-16)23-24(19)17-12-7-4-8-13-17/h3-8,10-14H,2,9,15H2,1H3,(H,22,25). The number of rotatable bonds is 7. The SMILES string of the molecule is CCCC(=O)OCC(=O)Nc1cc(-c2ccccc2)nn1-c1ccccc1. The summed E-state index contributed by atoms with van der Waals surface area (Å²) >= 11 is 0. The van der Waals surface area contributed by atoms with Gasteiger partial charge in [-0.05, 0) is 18.6 Å². The van der Waals surface area contributed by atoms with Gasteiger partial charge in [-0.25, -0.2) is 4.68 Å². The minimum Gasteiger partial charge on any atom is -0.456 e. The van der Waals surface area contributed by atoms with E-state index in [4.69, 9.17) is 4.74 Å². The third-order valence-electron chi connectivity index (χ3n) is 3.87. The molecule has 138 valence electrons. The topological polar surface area (TPSA) is 73.2 Å². The number of benzene rings is 2. The molecule has 1 N–H and O–H groups in total. The first-order chi connectivity index (χ1) is 13.2. The van der Waals surface area contributed by atoms with Crippen molar-refractivity contribution in [2.75, 3.05) is 11.9 Å². The number of aromatic nitrogens is 2. The van der Waals surface area contributed by atoms with Crippen LogP contribution in [0.1, 0.15) is 19.8 Å². The zero-order chi connectivity index (χ0) is 19.1. The lowest BCUT2D eigenvalue weighted by Gasteiger charge is -2.09. The number of hydrogen-bond acceptors (Lipinski definition) is 4. The van der Waals surface area contributed by atoms with Crippen LogP contribution < -0.4 is 5.32 Å². The second kappa shape index (κ2) is 8.80. The van der Waals surface area contributed by atoms with Gasteiger partial charge in [0, 0.05) is 18.1 Å². The Bertz CT molecular complexity index is 905. The molecule has 1 heterocycles. The lowest BCUT2D eigenvalue weighted by atomic mass is 10.2. The van der Waals surface area contributed by atoms with E-state index in [1.807, 2.05) is 67.6 Å². The lowest BCUT2D eigenvalue weighted by molar-refractivity contribution is -0.147. The first-order valence-electron chi connectivity index (χ1n) is 8.83. The van der Waals surface area contributed by atoms with E-state index < -0.39 is 5.91 Å². The van der Waals surface area contributed by atoms with Crippen molar-refractivity contribution in [3.05, 3.63) is 66.7 Å². The van der Waals surface area contributed by atoms with Crippen molar-refractivity contribution < 1.29 is 14.3 Å². The number of hydrogen-bond donors (Lipinski definition) is 1. The van der Waals surface area contributed by atoms with Gasteiger partial charge < -0.3 is 10.1 Å². The zero-order valence-corrected chi connectivity index (χ0v) is 15.1. The number of carbonyl (C=O) groups excluding carboxylic acids is 2. The van der Waals surface area contributed by atoms with Crippen LogP contribution in [0.2, 0.25) is 0 Å². The zero-order valence-electron chi connectivity index (χ0n) is 15.1. The van der Waals surface area contributed by atoms with Crippen LogP contribution in [0.15, 0.2) is 66.7 Å². The third kappa shape index (κ3) is 4.82. The number of amides is 1. The van der Waals surface area contributed by atoms with Crippen LogP contribution in [0.4, 0.5) is 5.82 Å². The summed E-state index contributed by atoms with van der Waals surface area (Å²) in [5, 5.41) is 7.40. The average molecular weight is 363 g/mol. The second-order valence-electron chi connectivity index (χ2n) is 5.99. The number of ether oxygens (including phenoxy) is 1. The molecule has 0 unspecified atom stereocenters. The van der Waals surface area contributed by atoms with Gasteiger partial charge in [-0.1, -0.05) is 55.5 Å². The van der Waals surface area contributed by atoms with E-state index in [-0.39, 0.29) is 12.6 Å². The molecule has 0 aliphatic rings. The highest BCUT2D eigenvalue weighted by Crippen LogP contribution is 2.24. The molecular formula is C21H21N3O3. The maximum atomic E-state index is 12.2. The Morgan fingerprint density at radius 3 is 2.37 bits per heavy atom. The van der Waals surface area contributed by atoms with E-state index >= 15 is 0 Å². The molecule has 0 saturated heterocycles. The molecule has 2 aromatic carbocycles. The Balaban J connectivity index is 1.83. The number of nitrogens with zero attached hydrogens (tertiary/aromatic N) is 2. The highest BCUT2D eigenvalue weighted by Gasteiger charge is 2.14. The second-order valence-corrected chi connectivity index (χ2v) is 5.99. The first-order valence-corrected chi connectivity index (χ1v) is 8.83. The predicted molar refractivity (Wildman–Crippen MR) is 103 cm³/mol. The fraction of sp³-hybridized carbons (Fsp3) is 0.190. The molecule has 1 aromatic heterocycles. The highest BCUT2D eigenvalue weighted by atomic mass is 16.5. The van der Waals surface area contributed by atoms with Crippen molar-refractivity contribution in [2.45, 2.75) is 19.8 Å². The van der Waals surface area contributed by atoms with Crippen LogP contribution in [0, 0.1) is 0 Å². The van der Waals surface area contributed by atoms with Gasteiger partial charge in [-0.3, -0.25) is 9.59 Å². The molecule has 0 aliphatic carbocycles. The van der Waals surface area contributed by atoms with Crippen molar-refractivity contribution in [1.82, 2.24) is 9.78 Å².